The summed E-state index contributed by atoms with van der Waals surface area (Å²) in [5.74, 6) is -0.576. The summed E-state index contributed by atoms with van der Waals surface area (Å²) in [5, 5.41) is 14.6. The number of hydrogen-bond donors (Lipinski definition) is 1. The molecule has 0 atom stereocenters. The van der Waals surface area contributed by atoms with Crippen LogP contribution in [0, 0.1) is 18.3 Å². The third-order valence-corrected chi connectivity index (χ3v) is 7.64. The number of amides is 2. The number of nitrogens with one attached hydrogen (secondary N) is 1. The Balaban J connectivity index is 1.79. The monoisotopic (exact) mass is 536 g/mol. The minimum absolute atomic E-state index is 0.159. The fraction of sp³-hybridized carbons (Fsp3) is 0.185. The third-order valence-electron chi connectivity index (χ3n) is 5.90. The number of anilines is 1. The second-order valence-corrected chi connectivity index (χ2v) is 9.86. The van der Waals surface area contributed by atoms with E-state index in [4.69, 9.17) is 28.2 Å². The molecule has 0 spiro atoms. The van der Waals surface area contributed by atoms with Crippen molar-refractivity contribution >= 4 is 62.3 Å². The summed E-state index contributed by atoms with van der Waals surface area (Å²) in [6, 6.07) is 16.2. The van der Waals surface area contributed by atoms with Crippen molar-refractivity contribution in [2.24, 2.45) is 0 Å². The van der Waals surface area contributed by atoms with Crippen LogP contribution in [0.1, 0.15) is 45.0 Å². The van der Waals surface area contributed by atoms with Crippen molar-refractivity contribution in [3.05, 3.63) is 80.1 Å². The Morgan fingerprint density at radius 2 is 1.83 bits per heavy atom. The molecule has 2 heterocycles. The molecule has 2 aromatic carbocycles. The highest BCUT2D eigenvalue weighted by Gasteiger charge is 2.25. The van der Waals surface area contributed by atoms with Crippen LogP contribution in [0.25, 0.3) is 22.2 Å². The fourth-order valence-electron chi connectivity index (χ4n) is 3.96. The molecule has 0 aliphatic rings. The van der Waals surface area contributed by atoms with Gasteiger partial charge in [-0.2, -0.15) is 5.26 Å². The van der Waals surface area contributed by atoms with Gasteiger partial charge in [-0.05, 0) is 56.7 Å². The fourth-order valence-corrected chi connectivity index (χ4v) is 5.59. The van der Waals surface area contributed by atoms with Gasteiger partial charge >= 0.3 is 0 Å². The van der Waals surface area contributed by atoms with Crippen LogP contribution in [0.2, 0.25) is 10.0 Å². The van der Waals surface area contributed by atoms with E-state index in [0.29, 0.717) is 66.3 Å². The van der Waals surface area contributed by atoms with Crippen LogP contribution in [-0.2, 0) is 0 Å². The number of carbonyl (C=O) groups excluding carboxylic acids is 2. The number of para-hydroxylation sites is 1. The third kappa shape index (κ3) is 4.80. The van der Waals surface area contributed by atoms with Crippen LogP contribution in [0.15, 0.2) is 48.5 Å². The lowest BCUT2D eigenvalue weighted by Crippen LogP contribution is -2.30. The quantitative estimate of drug-likeness (QED) is 0.282. The molecule has 0 aliphatic carbocycles. The Kier molecular flexibility index (Phi) is 7.60. The van der Waals surface area contributed by atoms with E-state index in [1.807, 2.05) is 38.1 Å². The van der Waals surface area contributed by atoms with Gasteiger partial charge < -0.3 is 10.2 Å². The van der Waals surface area contributed by atoms with Gasteiger partial charge in [0.25, 0.3) is 11.8 Å². The van der Waals surface area contributed by atoms with Gasteiger partial charge in [0.1, 0.15) is 11.1 Å². The molecule has 1 N–H and O–H groups in total. The molecule has 36 heavy (non-hydrogen) atoms. The number of rotatable bonds is 6. The molecule has 0 radical (unpaired) electrons. The van der Waals surface area contributed by atoms with Crippen molar-refractivity contribution in [2.75, 3.05) is 18.4 Å². The Bertz CT molecular complexity index is 1540. The molecular formula is C27H22Cl2N4O2S. The van der Waals surface area contributed by atoms with Crippen molar-refractivity contribution < 1.29 is 9.59 Å². The molecule has 2 amide bonds. The number of aromatic nitrogens is 1. The van der Waals surface area contributed by atoms with E-state index >= 15 is 0 Å². The van der Waals surface area contributed by atoms with Gasteiger partial charge in [-0.3, -0.25) is 9.59 Å². The van der Waals surface area contributed by atoms with Crippen molar-refractivity contribution in [2.45, 2.75) is 20.8 Å². The molecule has 0 fully saturated rings. The number of nitriles is 1. The second kappa shape index (κ2) is 10.7. The number of pyridine rings is 1. The molecule has 2 aromatic heterocycles. The van der Waals surface area contributed by atoms with Crippen LogP contribution in [0.5, 0.6) is 0 Å². The summed E-state index contributed by atoms with van der Waals surface area (Å²) in [5.41, 5.74) is 2.98. The maximum absolute atomic E-state index is 13.6. The summed E-state index contributed by atoms with van der Waals surface area (Å²) in [6.07, 6.45) is 0. The normalized spacial score (nSPS) is 10.8. The highest BCUT2D eigenvalue weighted by molar-refractivity contribution is 7.18. The SMILES string of the molecule is CCN(CC)C(=O)c1sc(NC(=O)c2cc(-c3ccc(Cl)cc3Cl)nc3ccccc23)c(C#N)c1C. The molecule has 0 saturated carbocycles. The number of fused-ring (bicyclic) bond motifs is 1. The zero-order valence-corrected chi connectivity index (χ0v) is 22.2. The van der Waals surface area contributed by atoms with E-state index in [9.17, 15) is 14.9 Å². The van der Waals surface area contributed by atoms with Gasteiger partial charge in [-0.25, -0.2) is 4.98 Å². The number of carbonyl (C=O) groups is 2. The van der Waals surface area contributed by atoms with Crippen LogP contribution in [0.4, 0.5) is 5.00 Å². The zero-order valence-electron chi connectivity index (χ0n) is 19.9. The standard InChI is InChI=1S/C27H22Cl2N4O2S/c1-4-33(5-2)27(35)24-15(3)20(14-30)26(36-24)32-25(34)19-13-23(18-11-10-16(28)12-21(18)29)31-22-9-7-6-8-17(19)22/h6-13H,4-5H2,1-3H3,(H,32,34). The van der Waals surface area contributed by atoms with Gasteiger partial charge in [-0.1, -0.05) is 41.4 Å². The van der Waals surface area contributed by atoms with E-state index in [1.165, 1.54) is 0 Å². The lowest BCUT2D eigenvalue weighted by molar-refractivity contribution is 0.0777. The van der Waals surface area contributed by atoms with Crippen molar-refractivity contribution in [1.82, 2.24) is 9.88 Å². The summed E-state index contributed by atoms with van der Waals surface area (Å²) < 4.78 is 0. The van der Waals surface area contributed by atoms with Crippen molar-refractivity contribution in [1.29, 1.82) is 5.26 Å². The average Bonchev–Trinajstić information content (AvgIpc) is 3.18. The lowest BCUT2D eigenvalue weighted by atomic mass is 10.0. The predicted octanol–water partition coefficient (Wildman–Crippen LogP) is 7.18. The molecule has 182 valence electrons. The summed E-state index contributed by atoms with van der Waals surface area (Å²) in [4.78, 5) is 33.4. The Morgan fingerprint density at radius 1 is 1.11 bits per heavy atom. The predicted molar refractivity (Wildman–Crippen MR) is 146 cm³/mol. The molecule has 4 aromatic rings. The molecular weight excluding hydrogens is 515 g/mol. The molecule has 0 bridgehead atoms. The van der Waals surface area contributed by atoms with E-state index in [-0.39, 0.29) is 11.5 Å². The van der Waals surface area contributed by atoms with Crippen LogP contribution < -0.4 is 5.32 Å². The van der Waals surface area contributed by atoms with Crippen LogP contribution in [0.3, 0.4) is 0 Å². The van der Waals surface area contributed by atoms with Gasteiger partial charge in [0, 0.05) is 29.1 Å². The summed E-state index contributed by atoms with van der Waals surface area (Å²) in [7, 11) is 0. The van der Waals surface area contributed by atoms with E-state index < -0.39 is 5.91 Å². The highest BCUT2D eigenvalue weighted by Crippen LogP contribution is 2.35. The number of thiophene rings is 1. The van der Waals surface area contributed by atoms with Gasteiger partial charge in [-0.15, -0.1) is 11.3 Å². The van der Waals surface area contributed by atoms with Crippen LogP contribution in [-0.4, -0.2) is 34.8 Å². The molecule has 9 heteroatoms. The first kappa shape index (κ1) is 25.6. The first-order chi connectivity index (χ1) is 17.3. The first-order valence-corrected chi connectivity index (χ1v) is 12.9. The molecule has 0 saturated heterocycles. The largest absolute Gasteiger partial charge is 0.338 e. The molecule has 4 rings (SSSR count). The molecule has 0 aliphatic heterocycles. The Hall–Kier alpha value is -3.44. The number of nitrogens with zero attached hydrogens (tertiary/aromatic N) is 3. The van der Waals surface area contributed by atoms with Crippen molar-refractivity contribution in [3.8, 4) is 17.3 Å². The molecule has 6 nitrogen and oxygen atoms in total. The lowest BCUT2D eigenvalue weighted by Gasteiger charge is -2.17. The zero-order chi connectivity index (χ0) is 26.0. The van der Waals surface area contributed by atoms with Crippen LogP contribution >= 0.6 is 34.5 Å². The number of hydrogen-bond acceptors (Lipinski definition) is 5. The Morgan fingerprint density at radius 3 is 2.50 bits per heavy atom. The second-order valence-electron chi connectivity index (χ2n) is 8.00. The van der Waals surface area contributed by atoms with E-state index in [0.717, 1.165) is 11.3 Å². The van der Waals surface area contributed by atoms with Gasteiger partial charge in [0.2, 0.25) is 0 Å². The van der Waals surface area contributed by atoms with E-state index in [2.05, 4.69) is 11.4 Å². The summed E-state index contributed by atoms with van der Waals surface area (Å²) in [6.45, 7) is 6.63. The smallest absolute Gasteiger partial charge is 0.264 e. The minimum atomic E-state index is -0.417. The maximum Gasteiger partial charge on any atom is 0.264 e. The van der Waals surface area contributed by atoms with Gasteiger partial charge in [0.05, 0.1) is 32.2 Å². The molecule has 0 unspecified atom stereocenters. The maximum atomic E-state index is 13.6. The van der Waals surface area contributed by atoms with Crippen molar-refractivity contribution in [3.63, 3.8) is 0 Å². The average molecular weight is 537 g/mol. The topological polar surface area (TPSA) is 86.1 Å². The van der Waals surface area contributed by atoms with E-state index in [1.54, 1.807) is 36.1 Å². The number of halogens is 2. The minimum Gasteiger partial charge on any atom is -0.338 e. The first-order valence-electron chi connectivity index (χ1n) is 11.3. The summed E-state index contributed by atoms with van der Waals surface area (Å²) >= 11 is 13.6. The Labute approximate surface area is 223 Å². The number of benzene rings is 2. The van der Waals surface area contributed by atoms with Gasteiger partial charge in [0.15, 0.2) is 0 Å². The highest BCUT2D eigenvalue weighted by atomic mass is 35.5.